The lowest BCUT2D eigenvalue weighted by atomic mass is 9.62. The van der Waals surface area contributed by atoms with Gasteiger partial charge in [-0.1, -0.05) is 5.16 Å². The lowest BCUT2D eigenvalue weighted by Gasteiger charge is -2.46. The first kappa shape index (κ1) is 31.8. The summed E-state index contributed by atoms with van der Waals surface area (Å²) >= 11 is 1.56. The van der Waals surface area contributed by atoms with Crippen LogP contribution in [0.5, 0.6) is 5.88 Å². The van der Waals surface area contributed by atoms with Gasteiger partial charge in [-0.3, -0.25) is 9.80 Å². The minimum Gasteiger partial charge on any atom is -0.473 e. The molecule has 0 bridgehead atoms. The Kier molecular flexibility index (Phi) is 7.79. The summed E-state index contributed by atoms with van der Waals surface area (Å²) in [6.07, 6.45) is 7.40. The highest BCUT2D eigenvalue weighted by Crippen LogP contribution is 2.55. The molecule has 5 atom stereocenters. The van der Waals surface area contributed by atoms with Gasteiger partial charge in [0.1, 0.15) is 17.2 Å². The lowest BCUT2D eigenvalue weighted by Crippen LogP contribution is -2.56. The standard InChI is InChI=1S/C36H45N7O5S/c1-20(26-12-22(44-3)14-42(26)2)47-34-25-15-43(21-16-46-17-21)18-35(10-11-45-19-35)30(25)39-33(40-34)29-23-6-4-8-36(31(23)41-48-29)9-5-7-27-28(36)24(13-37)32(38)49-27/h20-22,26H,4-12,14-19,38H2,1-3H3/t20-,22+,26-,35-,36-/m0/s1. The van der Waals surface area contributed by atoms with Crippen molar-refractivity contribution in [2.75, 3.05) is 59.4 Å². The van der Waals surface area contributed by atoms with Crippen LogP contribution in [0.2, 0.25) is 0 Å². The zero-order chi connectivity index (χ0) is 33.5. The second-order valence-electron chi connectivity index (χ2n) is 15.2. The summed E-state index contributed by atoms with van der Waals surface area (Å²) in [6.45, 7) is 7.34. The van der Waals surface area contributed by atoms with E-state index in [1.54, 1.807) is 18.4 Å². The van der Waals surface area contributed by atoms with E-state index in [0.717, 1.165) is 106 Å². The molecule has 49 heavy (non-hydrogen) atoms. The SMILES string of the molecule is CO[C@@H]1C[C@@H]([C@H](C)Oc2nc(-c3onc4c3CCC[C@@]43CCCc4sc(N)c(C#N)c43)nc3c2CN(C2COC2)C[C@]32CCOC2)N(C)C1. The van der Waals surface area contributed by atoms with Crippen LogP contribution in [-0.2, 0) is 44.4 Å². The fourth-order valence-electron chi connectivity index (χ4n) is 9.76. The van der Waals surface area contributed by atoms with Crippen LogP contribution in [0.3, 0.4) is 0 Å². The topological polar surface area (TPSA) is 145 Å². The van der Waals surface area contributed by atoms with Gasteiger partial charge in [-0.25, -0.2) is 4.98 Å². The number of anilines is 1. The molecule has 9 rings (SSSR count). The predicted molar refractivity (Wildman–Crippen MR) is 182 cm³/mol. The molecule has 260 valence electrons. The monoisotopic (exact) mass is 687 g/mol. The average Bonchev–Trinajstić information content (AvgIpc) is 3.86. The molecular formula is C36H45N7O5S. The molecular weight excluding hydrogens is 643 g/mol. The number of nitrogen functional groups attached to an aromatic ring is 1. The normalized spacial score (nSPS) is 30.6. The Balaban J connectivity index is 1.17. The van der Waals surface area contributed by atoms with Gasteiger partial charge in [0.05, 0.1) is 59.9 Å². The Morgan fingerprint density at radius 1 is 1.10 bits per heavy atom. The van der Waals surface area contributed by atoms with Crippen LogP contribution in [-0.4, -0.2) is 103 Å². The molecule has 7 heterocycles. The second-order valence-corrected chi connectivity index (χ2v) is 16.3. The van der Waals surface area contributed by atoms with Crippen LogP contribution in [0.15, 0.2) is 4.52 Å². The Morgan fingerprint density at radius 3 is 2.65 bits per heavy atom. The van der Waals surface area contributed by atoms with Crippen LogP contribution in [0.4, 0.5) is 5.00 Å². The first-order valence-electron chi connectivity index (χ1n) is 17.9. The molecule has 0 unspecified atom stereocenters. The van der Waals surface area contributed by atoms with Crippen molar-refractivity contribution in [3.05, 3.63) is 38.5 Å². The number of hydrogen-bond donors (Lipinski definition) is 1. The number of fused-ring (bicyclic) bond motifs is 6. The lowest BCUT2D eigenvalue weighted by molar-refractivity contribution is -0.0792. The highest BCUT2D eigenvalue weighted by molar-refractivity contribution is 7.16. The summed E-state index contributed by atoms with van der Waals surface area (Å²) in [5, 5.41) is 15.6. The molecule has 0 amide bonds. The molecule has 3 aromatic rings. The average molecular weight is 688 g/mol. The van der Waals surface area contributed by atoms with Crippen molar-refractivity contribution in [1.29, 1.82) is 5.26 Å². The molecule has 3 aromatic heterocycles. The summed E-state index contributed by atoms with van der Waals surface area (Å²) in [5.41, 5.74) is 11.5. The number of ether oxygens (including phenoxy) is 4. The van der Waals surface area contributed by atoms with E-state index in [1.807, 2.05) is 0 Å². The van der Waals surface area contributed by atoms with Crippen molar-refractivity contribution < 1.29 is 23.5 Å². The molecule has 2 spiro atoms. The number of aryl methyl sites for hydroxylation is 1. The molecule has 6 aliphatic rings. The van der Waals surface area contributed by atoms with Gasteiger partial charge in [0.2, 0.25) is 17.5 Å². The third kappa shape index (κ3) is 4.89. The Labute approximate surface area is 290 Å². The molecule has 4 aliphatic heterocycles. The van der Waals surface area contributed by atoms with Crippen molar-refractivity contribution in [3.63, 3.8) is 0 Å². The number of nitriles is 1. The van der Waals surface area contributed by atoms with Crippen LogP contribution in [0.25, 0.3) is 11.6 Å². The number of nitrogens with two attached hydrogens (primary N) is 1. The van der Waals surface area contributed by atoms with E-state index in [9.17, 15) is 5.26 Å². The summed E-state index contributed by atoms with van der Waals surface area (Å²) in [4.78, 5) is 16.7. The van der Waals surface area contributed by atoms with E-state index in [0.29, 0.717) is 53.8 Å². The summed E-state index contributed by atoms with van der Waals surface area (Å²) < 4.78 is 30.8. The molecule has 0 radical (unpaired) electrons. The molecule has 12 nitrogen and oxygen atoms in total. The summed E-state index contributed by atoms with van der Waals surface area (Å²) in [5.74, 6) is 1.75. The van der Waals surface area contributed by atoms with Gasteiger partial charge in [0, 0.05) is 55.2 Å². The highest BCUT2D eigenvalue weighted by atomic mass is 32.1. The van der Waals surface area contributed by atoms with Crippen molar-refractivity contribution >= 4 is 16.3 Å². The van der Waals surface area contributed by atoms with E-state index in [4.69, 9.17) is 44.3 Å². The minimum atomic E-state index is -0.388. The van der Waals surface area contributed by atoms with E-state index in [-0.39, 0.29) is 29.1 Å². The molecule has 3 saturated heterocycles. The van der Waals surface area contributed by atoms with Crippen LogP contribution >= 0.6 is 11.3 Å². The minimum absolute atomic E-state index is 0.129. The Morgan fingerprint density at radius 2 is 1.94 bits per heavy atom. The number of aromatic nitrogens is 3. The Bertz CT molecular complexity index is 1810. The maximum Gasteiger partial charge on any atom is 0.222 e. The molecule has 13 heteroatoms. The number of rotatable bonds is 6. The Hall–Kier alpha value is -3.12. The third-order valence-corrected chi connectivity index (χ3v) is 13.5. The largest absolute Gasteiger partial charge is 0.473 e. The van der Waals surface area contributed by atoms with Gasteiger partial charge in [0.25, 0.3) is 0 Å². The first-order chi connectivity index (χ1) is 23.8. The van der Waals surface area contributed by atoms with Crippen LogP contribution in [0.1, 0.15) is 84.0 Å². The van der Waals surface area contributed by atoms with Crippen molar-refractivity contribution in [1.82, 2.24) is 24.9 Å². The van der Waals surface area contributed by atoms with Crippen molar-refractivity contribution in [2.24, 2.45) is 0 Å². The first-order valence-corrected chi connectivity index (χ1v) is 18.7. The zero-order valence-corrected chi connectivity index (χ0v) is 29.4. The molecule has 2 aliphatic carbocycles. The van der Waals surface area contributed by atoms with Gasteiger partial charge < -0.3 is 29.2 Å². The van der Waals surface area contributed by atoms with Gasteiger partial charge in [0.15, 0.2) is 0 Å². The van der Waals surface area contributed by atoms with Crippen molar-refractivity contribution in [2.45, 2.75) is 100.0 Å². The number of likely N-dealkylation sites (N-methyl/N-ethyl adjacent to an activating group) is 1. The van der Waals surface area contributed by atoms with Crippen LogP contribution in [0, 0.1) is 11.3 Å². The van der Waals surface area contributed by atoms with Crippen LogP contribution < -0.4 is 10.5 Å². The van der Waals surface area contributed by atoms with E-state index >= 15 is 0 Å². The van der Waals surface area contributed by atoms with E-state index < -0.39 is 0 Å². The number of methoxy groups -OCH3 is 1. The third-order valence-electron chi connectivity index (χ3n) is 12.4. The molecule has 2 N–H and O–H groups in total. The zero-order valence-electron chi connectivity index (χ0n) is 28.6. The number of nitrogens with zero attached hydrogens (tertiary/aromatic N) is 6. The quantitative estimate of drug-likeness (QED) is 0.400. The van der Waals surface area contributed by atoms with Gasteiger partial charge in [-0.2, -0.15) is 10.2 Å². The highest BCUT2D eigenvalue weighted by Gasteiger charge is 2.51. The molecule has 0 saturated carbocycles. The number of likely N-dealkylation sites (tertiary alicyclic amines) is 1. The predicted octanol–water partition coefficient (Wildman–Crippen LogP) is 3.96. The smallest absolute Gasteiger partial charge is 0.222 e. The van der Waals surface area contributed by atoms with E-state index in [2.05, 4.69) is 29.8 Å². The van der Waals surface area contributed by atoms with Gasteiger partial charge >= 0.3 is 0 Å². The van der Waals surface area contributed by atoms with Crippen molar-refractivity contribution in [3.8, 4) is 23.5 Å². The summed E-state index contributed by atoms with van der Waals surface area (Å²) in [6, 6.07) is 2.99. The number of thiophene rings is 1. The number of hydrogen-bond acceptors (Lipinski definition) is 13. The van der Waals surface area contributed by atoms with Gasteiger partial charge in [-0.15, -0.1) is 11.3 Å². The second kappa shape index (κ2) is 12.0. The molecule has 3 fully saturated rings. The summed E-state index contributed by atoms with van der Waals surface area (Å²) in [7, 11) is 3.92. The fourth-order valence-corrected chi connectivity index (χ4v) is 10.9. The maximum atomic E-state index is 10.2. The van der Waals surface area contributed by atoms with E-state index in [1.165, 1.54) is 4.88 Å². The molecule has 0 aromatic carbocycles. The fraction of sp³-hybridized carbons (Fsp3) is 0.667. The van der Waals surface area contributed by atoms with Gasteiger partial charge in [-0.05, 0) is 70.9 Å². The maximum absolute atomic E-state index is 10.2.